The highest BCUT2D eigenvalue weighted by Crippen LogP contribution is 2.43. The second-order valence-electron chi connectivity index (χ2n) is 7.31. The molecule has 9 heteroatoms. The fourth-order valence-corrected chi connectivity index (χ4v) is 4.32. The number of non-ortho nitro benzene ring substituents is 1. The summed E-state index contributed by atoms with van der Waals surface area (Å²) in [5, 5.41) is 20.2. The molecule has 0 spiro atoms. The molecule has 0 bridgehead atoms. The lowest BCUT2D eigenvalue weighted by Gasteiger charge is -2.40. The lowest BCUT2D eigenvalue weighted by Crippen LogP contribution is -2.47. The highest BCUT2D eigenvalue weighted by Gasteiger charge is 2.46. The summed E-state index contributed by atoms with van der Waals surface area (Å²) in [4.78, 5) is 38.0. The minimum Gasteiger partial charge on any atom is -0.465 e. The molecule has 3 rings (SSSR count). The number of nitro groups is 1. The Morgan fingerprint density at radius 3 is 2.44 bits per heavy atom. The largest absolute Gasteiger partial charge is 0.465 e. The van der Waals surface area contributed by atoms with Crippen molar-refractivity contribution in [3.05, 3.63) is 80.0 Å². The van der Waals surface area contributed by atoms with Crippen molar-refractivity contribution in [1.29, 1.82) is 5.41 Å². The summed E-state index contributed by atoms with van der Waals surface area (Å²) in [6.45, 7) is 4.87. The van der Waals surface area contributed by atoms with E-state index >= 15 is 0 Å². The number of rotatable bonds is 6. The zero-order valence-electron chi connectivity index (χ0n) is 17.8. The number of nitrogens with zero attached hydrogens (tertiary/aromatic N) is 2. The highest BCUT2D eigenvalue weighted by molar-refractivity contribution is 9.10. The van der Waals surface area contributed by atoms with Crippen LogP contribution in [-0.4, -0.2) is 29.1 Å². The number of nitro benzene ring substituents is 1. The molecule has 2 aromatic rings. The van der Waals surface area contributed by atoms with E-state index in [4.69, 9.17) is 10.1 Å². The third kappa shape index (κ3) is 4.34. The van der Waals surface area contributed by atoms with Gasteiger partial charge in [0.1, 0.15) is 11.8 Å². The Bertz CT molecular complexity index is 1130. The first-order valence-corrected chi connectivity index (χ1v) is 10.7. The van der Waals surface area contributed by atoms with Gasteiger partial charge in [-0.15, -0.1) is 0 Å². The van der Waals surface area contributed by atoms with E-state index in [1.54, 1.807) is 44.2 Å². The number of nitrogens with one attached hydrogen (secondary N) is 1. The van der Waals surface area contributed by atoms with Crippen molar-refractivity contribution >= 4 is 44.9 Å². The summed E-state index contributed by atoms with van der Waals surface area (Å²) in [6.07, 6.45) is 0. The normalized spacial score (nSPS) is 18.5. The first-order chi connectivity index (χ1) is 15.2. The number of ether oxygens (including phenoxy) is 1. The number of esters is 1. The lowest BCUT2D eigenvalue weighted by atomic mass is 9.74. The lowest BCUT2D eigenvalue weighted by molar-refractivity contribution is -0.384. The molecule has 0 fully saturated rings. The summed E-state index contributed by atoms with van der Waals surface area (Å²) in [7, 11) is 0. The summed E-state index contributed by atoms with van der Waals surface area (Å²) in [5.41, 5.74) is 1.66. The quantitative estimate of drug-likeness (QED) is 0.340. The molecule has 0 saturated heterocycles. The maximum atomic E-state index is 13.0. The second kappa shape index (κ2) is 9.44. The van der Waals surface area contributed by atoms with E-state index < -0.39 is 22.7 Å². The van der Waals surface area contributed by atoms with Gasteiger partial charge in [0.05, 0.1) is 17.2 Å². The minimum absolute atomic E-state index is 0.112. The van der Waals surface area contributed by atoms with Gasteiger partial charge in [0.15, 0.2) is 5.78 Å². The maximum absolute atomic E-state index is 13.0. The number of carbonyl (C=O) groups excluding carboxylic acids is 2. The van der Waals surface area contributed by atoms with Crippen molar-refractivity contribution < 1.29 is 19.2 Å². The third-order valence-electron chi connectivity index (χ3n) is 5.35. The molecule has 0 aromatic heterocycles. The maximum Gasteiger partial charge on any atom is 0.317 e. The molecule has 0 radical (unpaired) electrons. The van der Waals surface area contributed by atoms with Gasteiger partial charge in [-0.2, -0.15) is 0 Å². The fourth-order valence-electron chi connectivity index (χ4n) is 4.05. The Morgan fingerprint density at radius 1 is 1.22 bits per heavy atom. The van der Waals surface area contributed by atoms with Gasteiger partial charge in [-0.05, 0) is 44.5 Å². The van der Waals surface area contributed by atoms with Gasteiger partial charge in [0.25, 0.3) is 5.69 Å². The van der Waals surface area contributed by atoms with Crippen LogP contribution in [0.15, 0.2) is 64.3 Å². The predicted octanol–water partition coefficient (Wildman–Crippen LogP) is 4.98. The van der Waals surface area contributed by atoms with E-state index in [0.717, 1.165) is 4.47 Å². The van der Waals surface area contributed by atoms with Crippen LogP contribution >= 0.6 is 15.9 Å². The molecule has 1 heterocycles. The van der Waals surface area contributed by atoms with E-state index in [0.29, 0.717) is 22.5 Å². The second-order valence-corrected chi connectivity index (χ2v) is 8.23. The summed E-state index contributed by atoms with van der Waals surface area (Å²) in [6, 6.07) is 13.0. The van der Waals surface area contributed by atoms with Crippen molar-refractivity contribution in [3.63, 3.8) is 0 Å². The first-order valence-electron chi connectivity index (χ1n) is 9.94. The van der Waals surface area contributed by atoms with E-state index in [1.165, 1.54) is 30.0 Å². The topological polar surface area (TPSA) is 114 Å². The number of carbonyl (C=O) groups is 2. The SMILES string of the molecule is CCOC(=O)C1C(=N)N(c2cccc([N+](=O)[O-])c2)C(C)=C(C(C)=O)C1c1ccc(Br)cc1. The Morgan fingerprint density at radius 2 is 1.88 bits per heavy atom. The van der Waals surface area contributed by atoms with E-state index in [2.05, 4.69) is 15.9 Å². The van der Waals surface area contributed by atoms with Crippen LogP contribution in [-0.2, 0) is 14.3 Å². The van der Waals surface area contributed by atoms with Gasteiger partial charge in [0, 0.05) is 33.8 Å². The number of hydrogen-bond donors (Lipinski definition) is 1. The van der Waals surface area contributed by atoms with Gasteiger partial charge in [-0.3, -0.25) is 25.1 Å². The molecule has 0 saturated carbocycles. The number of halogens is 1. The zero-order chi connectivity index (χ0) is 23.6. The van der Waals surface area contributed by atoms with Gasteiger partial charge in [-0.1, -0.05) is 34.1 Å². The van der Waals surface area contributed by atoms with Gasteiger partial charge >= 0.3 is 5.97 Å². The average Bonchev–Trinajstić information content (AvgIpc) is 2.74. The number of amidine groups is 1. The van der Waals surface area contributed by atoms with Crippen molar-refractivity contribution in [1.82, 2.24) is 0 Å². The van der Waals surface area contributed by atoms with Crippen LogP contribution in [0.25, 0.3) is 0 Å². The minimum atomic E-state index is -1.10. The Hall–Kier alpha value is -3.33. The van der Waals surface area contributed by atoms with Crippen LogP contribution in [0.1, 0.15) is 32.3 Å². The Balaban J connectivity index is 2.27. The molecular weight excluding hydrogens is 478 g/mol. The number of ketones is 1. The number of anilines is 1. The average molecular weight is 500 g/mol. The molecule has 1 aliphatic rings. The van der Waals surface area contributed by atoms with E-state index in [1.807, 2.05) is 0 Å². The molecule has 2 aromatic carbocycles. The number of Topliss-reactive ketones (excluding diaryl/α,β-unsaturated/α-hetero) is 1. The van der Waals surface area contributed by atoms with Crippen molar-refractivity contribution in [2.75, 3.05) is 11.5 Å². The van der Waals surface area contributed by atoms with Crippen LogP contribution in [0.3, 0.4) is 0 Å². The van der Waals surface area contributed by atoms with Gasteiger partial charge < -0.3 is 9.64 Å². The van der Waals surface area contributed by atoms with Crippen molar-refractivity contribution in [2.24, 2.45) is 5.92 Å². The summed E-state index contributed by atoms with van der Waals surface area (Å²) in [5.74, 6) is -2.82. The van der Waals surface area contributed by atoms with Crippen LogP contribution in [0.4, 0.5) is 11.4 Å². The summed E-state index contributed by atoms with van der Waals surface area (Å²) < 4.78 is 6.12. The summed E-state index contributed by atoms with van der Waals surface area (Å²) >= 11 is 3.39. The van der Waals surface area contributed by atoms with Crippen molar-refractivity contribution in [3.8, 4) is 0 Å². The van der Waals surface area contributed by atoms with E-state index in [9.17, 15) is 19.7 Å². The van der Waals surface area contributed by atoms with Crippen LogP contribution in [0, 0.1) is 21.4 Å². The molecule has 0 amide bonds. The molecule has 1 aliphatic heterocycles. The molecule has 32 heavy (non-hydrogen) atoms. The predicted molar refractivity (Wildman–Crippen MR) is 124 cm³/mol. The molecule has 0 aliphatic carbocycles. The third-order valence-corrected chi connectivity index (χ3v) is 5.88. The van der Waals surface area contributed by atoms with Gasteiger partial charge in [0.2, 0.25) is 0 Å². The highest BCUT2D eigenvalue weighted by atomic mass is 79.9. The molecule has 2 unspecified atom stereocenters. The van der Waals surface area contributed by atoms with Crippen molar-refractivity contribution in [2.45, 2.75) is 26.7 Å². The van der Waals surface area contributed by atoms with Crippen LogP contribution in [0.5, 0.6) is 0 Å². The zero-order valence-corrected chi connectivity index (χ0v) is 19.4. The Kier molecular flexibility index (Phi) is 6.88. The van der Waals surface area contributed by atoms with Crippen LogP contribution < -0.4 is 4.90 Å². The van der Waals surface area contributed by atoms with Crippen LogP contribution in [0.2, 0.25) is 0 Å². The molecular formula is C23H22BrN3O5. The smallest absolute Gasteiger partial charge is 0.317 e. The first kappa shape index (κ1) is 23.3. The number of benzene rings is 2. The standard InChI is InChI=1S/C23H22BrN3O5/c1-4-32-23(29)21-20(15-8-10-16(24)11-9-15)19(14(3)28)13(2)26(22(21)25)17-6-5-7-18(12-17)27(30)31/h5-12,20-21,25H,4H2,1-3H3. The molecule has 1 N–H and O–H groups in total. The fraction of sp³-hybridized carbons (Fsp3) is 0.261. The molecule has 8 nitrogen and oxygen atoms in total. The molecule has 166 valence electrons. The number of allylic oxidation sites excluding steroid dienone is 2. The van der Waals surface area contributed by atoms with Gasteiger partial charge in [-0.25, -0.2) is 0 Å². The molecule has 2 atom stereocenters. The van der Waals surface area contributed by atoms with E-state index in [-0.39, 0.29) is 23.9 Å². The monoisotopic (exact) mass is 499 g/mol. The Labute approximate surface area is 193 Å². The number of hydrogen-bond acceptors (Lipinski definition) is 6.